The van der Waals surface area contributed by atoms with E-state index < -0.39 is 0 Å². The lowest BCUT2D eigenvalue weighted by molar-refractivity contribution is 1.18. The van der Waals surface area contributed by atoms with E-state index in [1.807, 2.05) is 0 Å². The number of anilines is 3. The minimum atomic E-state index is 1.12. The molecule has 0 saturated heterocycles. The summed E-state index contributed by atoms with van der Waals surface area (Å²) in [4.78, 5) is 2.30. The van der Waals surface area contributed by atoms with Gasteiger partial charge in [-0.05, 0) is 209 Å². The first-order chi connectivity index (χ1) is 53.6. The van der Waals surface area contributed by atoms with Crippen LogP contribution in [0.4, 0.5) is 17.1 Å². The zero-order valence-corrected chi connectivity index (χ0v) is 58.9. The van der Waals surface area contributed by atoms with E-state index in [2.05, 4.69) is 419 Å². The van der Waals surface area contributed by atoms with Gasteiger partial charge in [0.15, 0.2) is 0 Å². The van der Waals surface area contributed by atoms with E-state index >= 15 is 0 Å². The van der Waals surface area contributed by atoms with Crippen molar-refractivity contribution in [2.24, 2.45) is 0 Å². The van der Waals surface area contributed by atoms with Crippen LogP contribution in [-0.2, 0) is 0 Å². The van der Waals surface area contributed by atoms with Crippen LogP contribution in [-0.4, -0.2) is 13.7 Å². The first-order valence-corrected chi connectivity index (χ1v) is 37.3. The van der Waals surface area contributed by atoms with E-state index in [1.54, 1.807) is 0 Å². The normalized spacial score (nSPS) is 11.9. The SMILES string of the molecule is c1ccc(-c2cc3cccc4c3c3c5c(cccc5n(-c5ccc(-c6ccc(-n7c8ccccc8c8ccccc87)cc6)cc5)c23)-c2ccccc2-4)cc1.c1ccc(-c2cc3cccc4c3c3c5c(cccc5n(-c5ccc(-c6ccc(N(c7ccccc7)c7ccccc7)cc6)cc5)c23)-c2ccccc2-4)cc1. The second kappa shape index (κ2) is 24.7. The molecule has 3 aromatic heterocycles. The molecule has 2 aliphatic rings. The highest BCUT2D eigenvalue weighted by atomic mass is 15.1. The summed E-state index contributed by atoms with van der Waals surface area (Å²) in [5.74, 6) is 0. The number of rotatable bonds is 10. The van der Waals surface area contributed by atoms with Gasteiger partial charge in [0.05, 0.1) is 33.1 Å². The Bertz CT molecular complexity index is 7060. The third-order valence-corrected chi connectivity index (χ3v) is 22.8. The minimum absolute atomic E-state index is 1.12. The van der Waals surface area contributed by atoms with Crippen LogP contribution in [0.15, 0.2) is 400 Å². The summed E-state index contributed by atoms with van der Waals surface area (Å²) in [6, 6.07) is 146. The molecule has 0 amide bonds. The maximum Gasteiger partial charge on any atom is 0.0626 e. The molecule has 0 N–H and O–H groups in total. The van der Waals surface area contributed by atoms with Crippen molar-refractivity contribution in [2.75, 3.05) is 4.90 Å². The second-order valence-corrected chi connectivity index (χ2v) is 28.6. The summed E-state index contributed by atoms with van der Waals surface area (Å²) in [6.45, 7) is 0. The smallest absolute Gasteiger partial charge is 0.0626 e. The van der Waals surface area contributed by atoms with Crippen molar-refractivity contribution in [1.29, 1.82) is 0 Å². The molecule has 4 heteroatoms. The van der Waals surface area contributed by atoms with Crippen molar-refractivity contribution < 1.29 is 0 Å². The van der Waals surface area contributed by atoms with Gasteiger partial charge in [0, 0.05) is 77.6 Å². The Balaban J connectivity index is 0.000000134. The van der Waals surface area contributed by atoms with Crippen molar-refractivity contribution in [3.8, 4) is 106 Å². The largest absolute Gasteiger partial charge is 0.311 e. The van der Waals surface area contributed by atoms with Crippen LogP contribution in [0.25, 0.3) is 193 Å². The Hall–Kier alpha value is -14.3. The third-order valence-electron chi connectivity index (χ3n) is 22.8. The van der Waals surface area contributed by atoms with E-state index in [-0.39, 0.29) is 0 Å². The van der Waals surface area contributed by atoms with Gasteiger partial charge in [0.25, 0.3) is 0 Å². The lowest BCUT2D eigenvalue weighted by Crippen LogP contribution is -2.09. The summed E-state index contributed by atoms with van der Waals surface area (Å²) < 4.78 is 7.39. The molecule has 0 radical (unpaired) electrons. The van der Waals surface area contributed by atoms with E-state index in [9.17, 15) is 0 Å². The van der Waals surface area contributed by atoms with E-state index in [0.29, 0.717) is 0 Å². The van der Waals surface area contributed by atoms with Crippen molar-refractivity contribution in [3.05, 3.63) is 400 Å². The maximum atomic E-state index is 2.51. The van der Waals surface area contributed by atoms with Crippen LogP contribution in [0, 0.1) is 0 Å². The average molecular weight is 1370 g/mol. The first kappa shape index (κ1) is 61.2. The maximum absolute atomic E-state index is 2.51. The molecule has 0 atom stereocenters. The molecule has 3 heterocycles. The molecule has 0 spiro atoms. The van der Waals surface area contributed by atoms with E-state index in [0.717, 1.165) is 34.1 Å². The quantitative estimate of drug-likeness (QED) is 0.133. The van der Waals surface area contributed by atoms with Gasteiger partial charge in [-0.25, -0.2) is 0 Å². The zero-order chi connectivity index (χ0) is 70.9. The summed E-state index contributed by atoms with van der Waals surface area (Å²) in [5, 5.41) is 13.0. The third kappa shape index (κ3) is 9.50. The van der Waals surface area contributed by atoms with Crippen LogP contribution in [0.1, 0.15) is 0 Å². The van der Waals surface area contributed by atoms with Crippen LogP contribution in [0.2, 0.25) is 0 Å². The molecule has 2 aliphatic carbocycles. The lowest BCUT2D eigenvalue weighted by Gasteiger charge is -2.25. The zero-order valence-electron chi connectivity index (χ0n) is 58.9. The summed E-state index contributed by atoms with van der Waals surface area (Å²) in [6.07, 6.45) is 0. The number of fused-ring (bicyclic) bond motifs is 9. The number of para-hydroxylation sites is 4. The van der Waals surface area contributed by atoms with Gasteiger partial charge in [-0.2, -0.15) is 0 Å². The fourth-order valence-corrected chi connectivity index (χ4v) is 18.1. The van der Waals surface area contributed by atoms with Crippen LogP contribution in [0.5, 0.6) is 0 Å². The lowest BCUT2D eigenvalue weighted by atomic mass is 9.91. The topological polar surface area (TPSA) is 18.0 Å². The molecular weight excluding hydrogens is 1310 g/mol. The van der Waals surface area contributed by atoms with E-state index in [1.165, 1.54) is 176 Å². The molecule has 21 aromatic rings. The highest BCUT2D eigenvalue weighted by Crippen LogP contribution is 2.55. The average Bonchev–Trinajstić information content (AvgIpc) is 1.56. The van der Waals surface area contributed by atoms with Gasteiger partial charge in [-0.15, -0.1) is 0 Å². The Labute approximate surface area is 625 Å². The van der Waals surface area contributed by atoms with Crippen molar-refractivity contribution in [2.45, 2.75) is 0 Å². The number of nitrogens with zero attached hydrogens (tertiary/aromatic N) is 4. The molecule has 0 bridgehead atoms. The molecule has 23 rings (SSSR count). The number of aromatic nitrogens is 3. The van der Waals surface area contributed by atoms with Crippen LogP contribution < -0.4 is 4.90 Å². The van der Waals surface area contributed by atoms with Crippen LogP contribution in [0.3, 0.4) is 0 Å². The van der Waals surface area contributed by atoms with Gasteiger partial charge in [0.2, 0.25) is 0 Å². The fourth-order valence-electron chi connectivity index (χ4n) is 18.1. The molecular formula is C104H66N4. The Morgan fingerprint density at radius 1 is 0.167 bits per heavy atom. The molecule has 0 saturated carbocycles. The van der Waals surface area contributed by atoms with Crippen molar-refractivity contribution in [1.82, 2.24) is 13.7 Å². The number of hydrogen-bond donors (Lipinski definition) is 0. The predicted molar refractivity (Wildman–Crippen MR) is 456 cm³/mol. The summed E-state index contributed by atoms with van der Waals surface area (Å²) in [5.41, 5.74) is 34.2. The van der Waals surface area contributed by atoms with Gasteiger partial charge < -0.3 is 18.6 Å². The molecule has 0 unspecified atom stereocenters. The van der Waals surface area contributed by atoms with Crippen molar-refractivity contribution in [3.63, 3.8) is 0 Å². The molecule has 0 fully saturated rings. The standard InChI is InChI=1S/C52H32N2.C52H34N2/c1-2-12-35(13-3-1)45-32-36-14-10-19-43-39-15-4-5-16-40(39)44-20-11-23-48-50(44)51(49(36)43)52(45)54(48)38-30-26-34(27-31-38)33-24-28-37(29-25-33)53-46-21-8-6-17-41(46)42-18-7-9-22-47(42)53;1-4-14-37(15-5-1)47-34-38-16-12-23-45-43-21-10-11-22-44(43)46-24-13-25-48-50(46)51(49(38)45)52(47)54(48)42-32-28-36(29-33-42)35-26-30-41(31-27-35)53(39-17-6-2-7-18-39)40-19-8-3-9-20-40/h1-32H;1-34H. The highest BCUT2D eigenvalue weighted by molar-refractivity contribution is 6.34. The van der Waals surface area contributed by atoms with Gasteiger partial charge >= 0.3 is 0 Å². The van der Waals surface area contributed by atoms with E-state index in [4.69, 9.17) is 0 Å². The monoisotopic (exact) mass is 1370 g/mol. The Kier molecular flexibility index (Phi) is 14.0. The summed E-state index contributed by atoms with van der Waals surface area (Å²) >= 11 is 0. The predicted octanol–water partition coefficient (Wildman–Crippen LogP) is 28.4. The van der Waals surface area contributed by atoms with Crippen LogP contribution >= 0.6 is 0 Å². The molecule has 502 valence electrons. The molecule has 4 nitrogen and oxygen atoms in total. The Morgan fingerprint density at radius 2 is 0.454 bits per heavy atom. The molecule has 108 heavy (non-hydrogen) atoms. The van der Waals surface area contributed by atoms with Gasteiger partial charge in [0.1, 0.15) is 0 Å². The van der Waals surface area contributed by atoms with Crippen molar-refractivity contribution >= 4 is 104 Å². The minimum Gasteiger partial charge on any atom is -0.311 e. The number of hydrogen-bond acceptors (Lipinski definition) is 1. The fraction of sp³-hybridized carbons (Fsp3) is 0. The highest BCUT2D eigenvalue weighted by Gasteiger charge is 2.30. The van der Waals surface area contributed by atoms with Gasteiger partial charge in [-0.3, -0.25) is 0 Å². The Morgan fingerprint density at radius 3 is 0.843 bits per heavy atom. The first-order valence-electron chi connectivity index (χ1n) is 37.3. The number of benzene rings is 18. The van der Waals surface area contributed by atoms with Gasteiger partial charge in [-0.1, -0.05) is 291 Å². The summed E-state index contributed by atoms with van der Waals surface area (Å²) in [7, 11) is 0. The second-order valence-electron chi connectivity index (χ2n) is 28.6. The molecule has 18 aromatic carbocycles. The molecule has 0 aliphatic heterocycles.